The average molecular weight is 374 g/mol. The van der Waals surface area contributed by atoms with Crippen molar-refractivity contribution in [2.24, 2.45) is 0 Å². The molecule has 0 N–H and O–H groups in total. The summed E-state index contributed by atoms with van der Waals surface area (Å²) in [4.78, 5) is 16.0. The van der Waals surface area contributed by atoms with Crippen molar-refractivity contribution in [1.82, 2.24) is 4.98 Å². The zero-order chi connectivity index (χ0) is 19.5. The third kappa shape index (κ3) is 3.42. The van der Waals surface area contributed by atoms with E-state index in [1.54, 1.807) is 48.8 Å². The lowest BCUT2D eigenvalue weighted by Crippen LogP contribution is -2.17. The van der Waals surface area contributed by atoms with Crippen molar-refractivity contribution in [3.8, 4) is 17.6 Å². The zero-order valence-electron chi connectivity index (χ0n) is 14.8. The number of pyridine rings is 1. The van der Waals surface area contributed by atoms with Gasteiger partial charge in [-0.25, -0.2) is 4.39 Å². The lowest BCUT2D eigenvalue weighted by atomic mass is 10.0. The molecule has 2 aromatic carbocycles. The summed E-state index contributed by atoms with van der Waals surface area (Å²) in [7, 11) is 0. The first kappa shape index (κ1) is 17.7. The monoisotopic (exact) mass is 374 g/mol. The standard InChI is InChI=1S/C22H15FN2O3/c23-18-11-17(12-20-21(18)19(26)7-10-27-20)28-22(16-5-8-25-9-6-16)15-3-1-14(13-24)2-4-15/h1-6,8-9,11-12,22H,7,10H2/t22-/m1/s1. The molecule has 1 atom stereocenters. The summed E-state index contributed by atoms with van der Waals surface area (Å²) < 4.78 is 26.1. The molecule has 3 aromatic rings. The Kier molecular flexibility index (Phi) is 4.73. The number of hydrogen-bond acceptors (Lipinski definition) is 5. The third-order valence-corrected chi connectivity index (χ3v) is 4.50. The number of benzene rings is 2. The van der Waals surface area contributed by atoms with Gasteiger partial charge in [-0.1, -0.05) is 12.1 Å². The summed E-state index contributed by atoms with van der Waals surface area (Å²) in [5.74, 6) is -0.495. The Bertz CT molecular complexity index is 1060. The summed E-state index contributed by atoms with van der Waals surface area (Å²) in [5, 5.41) is 9.01. The van der Waals surface area contributed by atoms with Crippen LogP contribution in [0, 0.1) is 17.1 Å². The highest BCUT2D eigenvalue weighted by Gasteiger charge is 2.25. The summed E-state index contributed by atoms with van der Waals surface area (Å²) in [6.07, 6.45) is 2.90. The number of aromatic nitrogens is 1. The Balaban J connectivity index is 1.73. The number of nitrogens with zero attached hydrogens (tertiary/aromatic N) is 2. The van der Waals surface area contributed by atoms with Crippen LogP contribution in [0.3, 0.4) is 0 Å². The first-order chi connectivity index (χ1) is 13.7. The van der Waals surface area contributed by atoms with Crippen LogP contribution in [0.15, 0.2) is 60.9 Å². The number of ketones is 1. The minimum absolute atomic E-state index is 0.0302. The number of rotatable bonds is 4. The maximum absolute atomic E-state index is 14.5. The molecule has 6 heteroatoms. The van der Waals surface area contributed by atoms with E-state index in [1.807, 2.05) is 0 Å². The predicted octanol–water partition coefficient (Wildman–Crippen LogP) is 4.23. The topological polar surface area (TPSA) is 72.2 Å². The predicted molar refractivity (Wildman–Crippen MR) is 98.7 cm³/mol. The third-order valence-electron chi connectivity index (χ3n) is 4.50. The highest BCUT2D eigenvalue weighted by atomic mass is 19.1. The van der Waals surface area contributed by atoms with Crippen molar-refractivity contribution >= 4 is 5.78 Å². The van der Waals surface area contributed by atoms with E-state index < -0.39 is 11.9 Å². The molecule has 0 bridgehead atoms. The molecule has 0 saturated carbocycles. The highest BCUT2D eigenvalue weighted by molar-refractivity contribution is 6.00. The van der Waals surface area contributed by atoms with Crippen LogP contribution in [-0.2, 0) is 0 Å². The molecule has 5 nitrogen and oxygen atoms in total. The van der Waals surface area contributed by atoms with Crippen LogP contribution in [0.2, 0.25) is 0 Å². The second kappa shape index (κ2) is 7.49. The van der Waals surface area contributed by atoms with Gasteiger partial charge < -0.3 is 9.47 Å². The molecule has 138 valence electrons. The van der Waals surface area contributed by atoms with Gasteiger partial charge >= 0.3 is 0 Å². The van der Waals surface area contributed by atoms with Crippen LogP contribution < -0.4 is 9.47 Å². The number of Topliss-reactive ketones (excluding diaryl/α,β-unsaturated/α-hetero) is 1. The van der Waals surface area contributed by atoms with Crippen LogP contribution >= 0.6 is 0 Å². The van der Waals surface area contributed by atoms with Gasteiger partial charge in [0.25, 0.3) is 0 Å². The molecule has 0 unspecified atom stereocenters. The number of halogens is 1. The number of fused-ring (bicyclic) bond motifs is 1. The van der Waals surface area contributed by atoms with Crippen molar-refractivity contribution in [3.05, 3.63) is 89.0 Å². The molecule has 1 aromatic heterocycles. The lowest BCUT2D eigenvalue weighted by molar-refractivity contribution is 0.0927. The van der Waals surface area contributed by atoms with Crippen LogP contribution in [0.1, 0.15) is 39.6 Å². The summed E-state index contributed by atoms with van der Waals surface area (Å²) >= 11 is 0. The van der Waals surface area contributed by atoms with Crippen molar-refractivity contribution in [3.63, 3.8) is 0 Å². The van der Waals surface area contributed by atoms with Crippen LogP contribution in [0.5, 0.6) is 11.5 Å². The van der Waals surface area contributed by atoms with E-state index in [0.29, 0.717) is 5.56 Å². The van der Waals surface area contributed by atoms with E-state index in [1.165, 1.54) is 12.1 Å². The molecular weight excluding hydrogens is 359 g/mol. The van der Waals surface area contributed by atoms with Crippen LogP contribution in [0.25, 0.3) is 0 Å². The van der Waals surface area contributed by atoms with Crippen molar-refractivity contribution in [2.45, 2.75) is 12.5 Å². The summed E-state index contributed by atoms with van der Waals surface area (Å²) in [6.45, 7) is 0.220. The van der Waals surface area contributed by atoms with Gasteiger partial charge in [-0.3, -0.25) is 9.78 Å². The van der Waals surface area contributed by atoms with E-state index in [2.05, 4.69) is 11.1 Å². The second-order valence-electron chi connectivity index (χ2n) is 6.31. The fraction of sp³-hybridized carbons (Fsp3) is 0.136. The second-order valence-corrected chi connectivity index (χ2v) is 6.31. The SMILES string of the molecule is N#Cc1ccc([C@@H](Oc2cc(F)c3c(c2)OCCC3=O)c2ccncc2)cc1. The molecule has 0 saturated heterocycles. The van der Waals surface area contributed by atoms with Gasteiger partial charge in [-0.15, -0.1) is 0 Å². The Hall–Kier alpha value is -3.72. The maximum atomic E-state index is 14.5. The van der Waals surface area contributed by atoms with Crippen molar-refractivity contribution in [1.29, 1.82) is 5.26 Å². The first-order valence-corrected chi connectivity index (χ1v) is 8.72. The Morgan fingerprint density at radius 2 is 1.82 bits per heavy atom. The van der Waals surface area contributed by atoms with Gasteiger partial charge in [0.1, 0.15) is 23.4 Å². The van der Waals surface area contributed by atoms with E-state index in [-0.39, 0.29) is 35.9 Å². The Morgan fingerprint density at radius 1 is 1.11 bits per heavy atom. The molecule has 1 aliphatic heterocycles. The van der Waals surface area contributed by atoms with Gasteiger partial charge in [0.2, 0.25) is 0 Å². The number of hydrogen-bond donors (Lipinski definition) is 0. The van der Waals surface area contributed by atoms with Crippen molar-refractivity contribution in [2.75, 3.05) is 6.61 Å². The van der Waals surface area contributed by atoms with Crippen LogP contribution in [0.4, 0.5) is 4.39 Å². The smallest absolute Gasteiger partial charge is 0.172 e. The zero-order valence-corrected chi connectivity index (χ0v) is 14.8. The summed E-state index contributed by atoms with van der Waals surface area (Å²) in [5.41, 5.74) is 2.11. The fourth-order valence-corrected chi connectivity index (χ4v) is 3.12. The summed E-state index contributed by atoms with van der Waals surface area (Å²) in [6, 6.07) is 15.4. The lowest BCUT2D eigenvalue weighted by Gasteiger charge is -2.22. The minimum Gasteiger partial charge on any atom is -0.492 e. The quantitative estimate of drug-likeness (QED) is 0.683. The number of carbonyl (C=O) groups excluding carboxylic acids is 1. The molecule has 1 aliphatic rings. The highest BCUT2D eigenvalue weighted by Crippen LogP contribution is 2.35. The van der Waals surface area contributed by atoms with Gasteiger partial charge in [-0.05, 0) is 35.4 Å². The molecule has 0 aliphatic carbocycles. The minimum atomic E-state index is -0.662. The number of ether oxygens (including phenoxy) is 2. The van der Waals surface area contributed by atoms with Gasteiger partial charge in [0.15, 0.2) is 5.78 Å². The van der Waals surface area contributed by atoms with E-state index >= 15 is 0 Å². The van der Waals surface area contributed by atoms with Gasteiger partial charge in [0.05, 0.1) is 23.8 Å². The van der Waals surface area contributed by atoms with E-state index in [0.717, 1.165) is 11.1 Å². The van der Waals surface area contributed by atoms with Crippen LogP contribution in [-0.4, -0.2) is 17.4 Å². The average Bonchev–Trinajstić information content (AvgIpc) is 2.72. The Morgan fingerprint density at radius 3 is 2.54 bits per heavy atom. The fourth-order valence-electron chi connectivity index (χ4n) is 3.12. The molecule has 0 amide bonds. The number of nitriles is 1. The number of carbonyl (C=O) groups is 1. The normalized spacial score (nSPS) is 13.8. The molecule has 0 fully saturated rings. The Labute approximate surface area is 161 Å². The molecule has 0 radical (unpaired) electrons. The first-order valence-electron chi connectivity index (χ1n) is 8.72. The van der Waals surface area contributed by atoms with E-state index in [9.17, 15) is 9.18 Å². The van der Waals surface area contributed by atoms with E-state index in [4.69, 9.17) is 14.7 Å². The largest absolute Gasteiger partial charge is 0.492 e. The molecule has 0 spiro atoms. The van der Waals surface area contributed by atoms with Gasteiger partial charge in [0, 0.05) is 30.9 Å². The maximum Gasteiger partial charge on any atom is 0.172 e. The van der Waals surface area contributed by atoms with Gasteiger partial charge in [-0.2, -0.15) is 5.26 Å². The van der Waals surface area contributed by atoms with Crippen molar-refractivity contribution < 1.29 is 18.7 Å². The molecular formula is C22H15FN2O3. The molecule has 2 heterocycles. The molecule has 4 rings (SSSR count). The molecule has 28 heavy (non-hydrogen) atoms.